The van der Waals surface area contributed by atoms with E-state index in [0.717, 1.165) is 114 Å². The molecular formula is C88H172O17P2. The normalized spacial score (nSPS) is 14.7. The summed E-state index contributed by atoms with van der Waals surface area (Å²) in [6.45, 7) is 14.4. The molecule has 0 heterocycles. The number of hydrogen-bond acceptors (Lipinski definition) is 15. The van der Waals surface area contributed by atoms with Gasteiger partial charge in [-0.1, -0.05) is 409 Å². The highest BCUT2D eigenvalue weighted by atomic mass is 31.2. The third kappa shape index (κ3) is 77.8. The Bertz CT molecular complexity index is 2080. The molecule has 0 aromatic heterocycles. The summed E-state index contributed by atoms with van der Waals surface area (Å²) in [7, 11) is -9.93. The van der Waals surface area contributed by atoms with Gasteiger partial charge in [-0.15, -0.1) is 0 Å². The quantitative estimate of drug-likeness (QED) is 0.0222. The average Bonchev–Trinajstić information content (AvgIpc) is 0.900. The highest BCUT2D eigenvalue weighted by Crippen LogP contribution is 2.45. The maximum absolute atomic E-state index is 13.2. The molecule has 0 aliphatic heterocycles. The molecule has 19 heteroatoms. The van der Waals surface area contributed by atoms with Crippen LogP contribution in [-0.4, -0.2) is 96.7 Å². The second-order valence-corrected chi connectivity index (χ2v) is 35.7. The maximum Gasteiger partial charge on any atom is 0.472 e. The van der Waals surface area contributed by atoms with E-state index in [1.807, 2.05) is 0 Å². The predicted octanol–water partition coefficient (Wildman–Crippen LogP) is 26.7. The van der Waals surface area contributed by atoms with Crippen LogP contribution < -0.4 is 0 Å². The van der Waals surface area contributed by atoms with E-state index in [2.05, 4.69) is 55.4 Å². The van der Waals surface area contributed by atoms with E-state index in [0.29, 0.717) is 25.7 Å². The van der Waals surface area contributed by atoms with Gasteiger partial charge in [-0.05, 0) is 49.4 Å². The molecule has 0 aliphatic rings. The van der Waals surface area contributed by atoms with E-state index in [1.165, 1.54) is 263 Å². The molecule has 8 atom stereocenters. The van der Waals surface area contributed by atoms with Gasteiger partial charge >= 0.3 is 39.5 Å². The first-order valence-electron chi connectivity index (χ1n) is 45.3. The molecule has 0 rings (SSSR count). The highest BCUT2D eigenvalue weighted by Gasteiger charge is 2.31. The monoisotopic (exact) mass is 1560 g/mol. The third-order valence-electron chi connectivity index (χ3n) is 21.7. The minimum atomic E-state index is -4.97. The summed E-state index contributed by atoms with van der Waals surface area (Å²) < 4.78 is 69.0. The van der Waals surface area contributed by atoms with E-state index in [-0.39, 0.29) is 25.7 Å². The Morgan fingerprint density at radius 1 is 0.262 bits per heavy atom. The van der Waals surface area contributed by atoms with E-state index < -0.39 is 97.5 Å². The van der Waals surface area contributed by atoms with Gasteiger partial charge in [0.2, 0.25) is 0 Å². The second-order valence-electron chi connectivity index (χ2n) is 32.8. The van der Waals surface area contributed by atoms with Crippen molar-refractivity contribution in [3.8, 4) is 0 Å². The second kappa shape index (κ2) is 76.7. The van der Waals surface area contributed by atoms with E-state index in [9.17, 15) is 43.2 Å². The van der Waals surface area contributed by atoms with Crippen LogP contribution in [0.5, 0.6) is 0 Å². The van der Waals surface area contributed by atoms with Crippen molar-refractivity contribution >= 4 is 39.5 Å². The first kappa shape index (κ1) is 105. The SMILES string of the molecule is CCC(C)CCCCCCCCCCCCCCCCCCCCC(=O)O[C@H](COC(=O)CCCCCCCCCCCCCCCCC(C)CC)COP(=O)(O)OC[C@@H](O)COP(=O)(O)OC[C@@H](COC(=O)CCCCCCCCCCC(C)CC)OC(=O)CCCCCCCCCCCCCCC(C)C. The minimum absolute atomic E-state index is 0.106. The van der Waals surface area contributed by atoms with Crippen LogP contribution in [0.25, 0.3) is 0 Å². The molecule has 0 radical (unpaired) electrons. The Hall–Kier alpha value is -1.94. The van der Waals surface area contributed by atoms with E-state index >= 15 is 0 Å². The van der Waals surface area contributed by atoms with Crippen LogP contribution in [0, 0.1) is 23.7 Å². The summed E-state index contributed by atoms with van der Waals surface area (Å²) in [5.74, 6) is 1.17. The predicted molar refractivity (Wildman–Crippen MR) is 441 cm³/mol. The van der Waals surface area contributed by atoms with Crippen LogP contribution in [0.4, 0.5) is 0 Å². The van der Waals surface area contributed by atoms with E-state index in [4.69, 9.17) is 37.0 Å². The van der Waals surface area contributed by atoms with Gasteiger partial charge in [-0.2, -0.15) is 0 Å². The number of esters is 4. The van der Waals surface area contributed by atoms with Gasteiger partial charge in [0.15, 0.2) is 12.2 Å². The molecule has 0 fully saturated rings. The molecule has 0 spiro atoms. The molecule has 5 unspecified atom stereocenters. The smallest absolute Gasteiger partial charge is 0.462 e. The van der Waals surface area contributed by atoms with Gasteiger partial charge in [-0.3, -0.25) is 37.3 Å². The van der Waals surface area contributed by atoms with Crippen LogP contribution in [0.15, 0.2) is 0 Å². The van der Waals surface area contributed by atoms with Crippen molar-refractivity contribution < 1.29 is 80.2 Å². The number of hydrogen-bond donors (Lipinski definition) is 3. The van der Waals surface area contributed by atoms with Crippen molar-refractivity contribution in [1.82, 2.24) is 0 Å². The van der Waals surface area contributed by atoms with Gasteiger partial charge < -0.3 is 33.8 Å². The molecule has 0 saturated carbocycles. The maximum atomic E-state index is 13.2. The molecule has 0 aliphatic carbocycles. The van der Waals surface area contributed by atoms with Gasteiger partial charge in [0.05, 0.1) is 26.4 Å². The number of phosphoric ester groups is 2. The number of aliphatic hydroxyl groups excluding tert-OH is 1. The summed E-state index contributed by atoms with van der Waals surface area (Å²) in [4.78, 5) is 73.3. The van der Waals surface area contributed by atoms with Crippen molar-refractivity contribution in [3.63, 3.8) is 0 Å². The Labute approximate surface area is 658 Å². The Morgan fingerprint density at radius 2 is 0.449 bits per heavy atom. The molecule has 107 heavy (non-hydrogen) atoms. The Kier molecular flexibility index (Phi) is 75.3. The average molecular weight is 1560 g/mol. The molecule has 17 nitrogen and oxygen atoms in total. The van der Waals surface area contributed by atoms with Gasteiger partial charge in [0, 0.05) is 25.7 Å². The Morgan fingerprint density at radius 3 is 0.664 bits per heavy atom. The fraction of sp³-hybridized carbons (Fsp3) is 0.955. The standard InChI is InChI=1S/C88H172O17P2/c1-9-79(6)65-57-49-41-33-27-20-16-14-12-13-15-17-23-30-36-46-54-62-70-87(92)104-83(74-98-85(90)68-60-52-44-35-29-22-19-18-21-28-34-42-50-58-66-80(7)10-2)76-102-106(94,95)100-72-82(89)73-101-107(96,97)103-77-84(75-99-86(91)69-61-53-45-39-38-43-51-59-67-81(8)11-3)105-88(93)71-63-55-47-37-31-25-24-26-32-40-48-56-64-78(4)5/h78-84,89H,9-77H2,1-8H3,(H,94,95)(H,96,97)/t79?,80?,81?,82-,83-,84-/m1/s1. The van der Waals surface area contributed by atoms with Crippen LogP contribution >= 0.6 is 15.6 Å². The lowest BCUT2D eigenvalue weighted by Crippen LogP contribution is -2.30. The lowest BCUT2D eigenvalue weighted by Gasteiger charge is -2.21. The number of rotatable bonds is 85. The minimum Gasteiger partial charge on any atom is -0.462 e. The molecule has 0 saturated heterocycles. The van der Waals surface area contributed by atoms with Crippen LogP contribution in [0.3, 0.4) is 0 Å². The number of unbranched alkanes of at least 4 members (excludes halogenated alkanes) is 48. The van der Waals surface area contributed by atoms with Crippen molar-refractivity contribution in [2.45, 2.75) is 478 Å². The zero-order valence-corrected chi connectivity index (χ0v) is 72.6. The lowest BCUT2D eigenvalue weighted by atomic mass is 9.99. The fourth-order valence-electron chi connectivity index (χ4n) is 13.6. The molecule has 636 valence electrons. The molecule has 0 bridgehead atoms. The lowest BCUT2D eigenvalue weighted by molar-refractivity contribution is -0.161. The van der Waals surface area contributed by atoms with Crippen molar-refractivity contribution in [2.24, 2.45) is 23.7 Å². The zero-order valence-electron chi connectivity index (χ0n) is 70.8. The van der Waals surface area contributed by atoms with Crippen LogP contribution in [0.2, 0.25) is 0 Å². The number of ether oxygens (including phenoxy) is 4. The number of aliphatic hydroxyl groups is 1. The van der Waals surface area contributed by atoms with Crippen molar-refractivity contribution in [3.05, 3.63) is 0 Å². The summed E-state index contributed by atoms with van der Waals surface area (Å²) in [6, 6.07) is 0. The van der Waals surface area contributed by atoms with Crippen LogP contribution in [-0.2, 0) is 65.4 Å². The summed E-state index contributed by atoms with van der Waals surface area (Å²) >= 11 is 0. The van der Waals surface area contributed by atoms with E-state index in [1.54, 1.807) is 0 Å². The first-order chi connectivity index (χ1) is 51.7. The third-order valence-corrected chi connectivity index (χ3v) is 23.6. The summed E-state index contributed by atoms with van der Waals surface area (Å²) in [6.07, 6.45) is 66.5. The highest BCUT2D eigenvalue weighted by molar-refractivity contribution is 7.47. The van der Waals surface area contributed by atoms with Crippen molar-refractivity contribution in [1.29, 1.82) is 0 Å². The summed E-state index contributed by atoms with van der Waals surface area (Å²) in [5, 5.41) is 10.7. The van der Waals surface area contributed by atoms with Gasteiger partial charge in [0.25, 0.3) is 0 Å². The number of carbonyl (C=O) groups is 4. The first-order valence-corrected chi connectivity index (χ1v) is 48.3. The van der Waals surface area contributed by atoms with Crippen LogP contribution in [0.1, 0.15) is 460 Å². The Balaban J connectivity index is 5.26. The molecular weight excluding hydrogens is 1390 g/mol. The molecule has 0 aromatic carbocycles. The number of phosphoric acid groups is 2. The summed E-state index contributed by atoms with van der Waals surface area (Å²) in [5.41, 5.74) is 0. The zero-order chi connectivity index (χ0) is 78.8. The van der Waals surface area contributed by atoms with Gasteiger partial charge in [-0.25, -0.2) is 9.13 Å². The topological polar surface area (TPSA) is 237 Å². The molecule has 3 N–H and O–H groups in total. The molecule has 0 aromatic rings. The number of carbonyl (C=O) groups excluding carboxylic acids is 4. The molecule has 0 amide bonds. The largest absolute Gasteiger partial charge is 0.472 e. The fourth-order valence-corrected chi connectivity index (χ4v) is 15.2. The van der Waals surface area contributed by atoms with Gasteiger partial charge in [0.1, 0.15) is 19.3 Å². The van der Waals surface area contributed by atoms with Crippen molar-refractivity contribution in [2.75, 3.05) is 39.6 Å².